The number of carbonyl (C=O) groups excluding carboxylic acids is 1. The van der Waals surface area contributed by atoms with Gasteiger partial charge in [0.1, 0.15) is 5.60 Å². The number of ketones is 1. The molecule has 0 spiro atoms. The summed E-state index contributed by atoms with van der Waals surface area (Å²) in [4.78, 5) is 13.2. The molecule has 0 unspecified atom stereocenters. The van der Waals surface area contributed by atoms with Gasteiger partial charge in [-0.05, 0) is 51.0 Å². The minimum absolute atomic E-state index is 0.0446. The van der Waals surface area contributed by atoms with Crippen molar-refractivity contribution in [2.24, 2.45) is 23.7 Å². The molecule has 4 N–H and O–H groups in total. The standard InChI is InChI=1S/C23H38O6/c1-14-7-9-17(22(4,5)29-12-6-11-24)10-8-15(2)21(27)23(28)13-16(3)20(26)18(23)19(14)25/h8,10,15-20,24-26,28H,1,6-7,9,11-13H2,2-5H3/b10-8+/t15-,16+,17+,18+,19+,20+,23-/m1/s1. The summed E-state index contributed by atoms with van der Waals surface area (Å²) < 4.78 is 5.98. The number of hydrogen-bond donors (Lipinski definition) is 4. The number of ether oxygens (including phenoxy) is 1. The van der Waals surface area contributed by atoms with E-state index < -0.39 is 35.2 Å². The second-order valence-electron chi connectivity index (χ2n) is 9.44. The highest BCUT2D eigenvalue weighted by Gasteiger charge is 2.58. The van der Waals surface area contributed by atoms with Crippen LogP contribution in [0.5, 0.6) is 0 Å². The van der Waals surface area contributed by atoms with Crippen molar-refractivity contribution in [2.75, 3.05) is 13.2 Å². The predicted molar refractivity (Wildman–Crippen MR) is 111 cm³/mol. The summed E-state index contributed by atoms with van der Waals surface area (Å²) in [7, 11) is 0. The van der Waals surface area contributed by atoms with Gasteiger partial charge in [-0.3, -0.25) is 4.79 Å². The van der Waals surface area contributed by atoms with Crippen LogP contribution >= 0.6 is 0 Å². The number of aliphatic hydroxyl groups is 4. The third-order valence-electron chi connectivity index (χ3n) is 6.81. The van der Waals surface area contributed by atoms with Crippen molar-refractivity contribution < 1.29 is 30.0 Å². The summed E-state index contributed by atoms with van der Waals surface area (Å²) in [6, 6.07) is 0. The fourth-order valence-corrected chi connectivity index (χ4v) is 4.80. The second kappa shape index (κ2) is 9.40. The van der Waals surface area contributed by atoms with Gasteiger partial charge >= 0.3 is 0 Å². The quantitative estimate of drug-likeness (QED) is 0.408. The minimum atomic E-state index is -1.78. The largest absolute Gasteiger partial charge is 0.396 e. The highest BCUT2D eigenvalue weighted by molar-refractivity contribution is 5.91. The Kier molecular flexibility index (Phi) is 7.85. The highest BCUT2D eigenvalue weighted by Crippen LogP contribution is 2.46. The fraction of sp³-hybridized carbons (Fsp3) is 0.783. The van der Waals surface area contributed by atoms with Crippen molar-refractivity contribution in [3.63, 3.8) is 0 Å². The first-order valence-electron chi connectivity index (χ1n) is 10.7. The number of rotatable bonds is 5. The van der Waals surface area contributed by atoms with Crippen molar-refractivity contribution in [1.82, 2.24) is 0 Å². The van der Waals surface area contributed by atoms with Gasteiger partial charge in [-0.15, -0.1) is 0 Å². The van der Waals surface area contributed by atoms with Gasteiger partial charge in [0.25, 0.3) is 0 Å². The zero-order chi connectivity index (χ0) is 22.0. The van der Waals surface area contributed by atoms with Crippen molar-refractivity contribution in [3.05, 3.63) is 24.3 Å². The zero-order valence-corrected chi connectivity index (χ0v) is 18.2. The van der Waals surface area contributed by atoms with Gasteiger partial charge < -0.3 is 25.2 Å². The molecule has 0 aromatic heterocycles. The molecule has 0 saturated heterocycles. The fourth-order valence-electron chi connectivity index (χ4n) is 4.80. The molecule has 0 bridgehead atoms. The first kappa shape index (κ1) is 24.2. The molecular weight excluding hydrogens is 372 g/mol. The molecule has 0 aromatic rings. The van der Waals surface area contributed by atoms with Crippen molar-refractivity contribution in [3.8, 4) is 0 Å². The molecule has 0 heterocycles. The van der Waals surface area contributed by atoms with Crippen LogP contribution < -0.4 is 0 Å². The monoisotopic (exact) mass is 410 g/mol. The summed E-state index contributed by atoms with van der Waals surface area (Å²) in [6.07, 6.45) is 3.43. The van der Waals surface area contributed by atoms with E-state index >= 15 is 0 Å². The molecule has 2 aliphatic carbocycles. The number of carbonyl (C=O) groups is 1. The first-order valence-corrected chi connectivity index (χ1v) is 10.7. The van der Waals surface area contributed by atoms with Gasteiger partial charge in [-0.1, -0.05) is 32.6 Å². The Balaban J connectivity index is 2.35. The molecule has 0 aromatic carbocycles. The number of hydrogen-bond acceptors (Lipinski definition) is 6. The van der Waals surface area contributed by atoms with Crippen LogP contribution in [0.25, 0.3) is 0 Å². The number of Topliss-reactive ketones (excluding diaryl/α,β-unsaturated/α-hetero) is 1. The van der Waals surface area contributed by atoms with E-state index in [0.29, 0.717) is 31.4 Å². The Morgan fingerprint density at radius 3 is 2.55 bits per heavy atom. The van der Waals surface area contributed by atoms with Gasteiger partial charge in [0.2, 0.25) is 0 Å². The van der Waals surface area contributed by atoms with Crippen molar-refractivity contribution in [1.29, 1.82) is 0 Å². The maximum atomic E-state index is 13.2. The molecular formula is C23H38O6. The summed E-state index contributed by atoms with van der Waals surface area (Å²) in [5, 5.41) is 41.8. The molecule has 0 aliphatic heterocycles. The summed E-state index contributed by atoms with van der Waals surface area (Å²) in [6.45, 7) is 12.0. The van der Waals surface area contributed by atoms with Crippen molar-refractivity contribution in [2.45, 2.75) is 76.8 Å². The minimum Gasteiger partial charge on any atom is -0.396 e. The predicted octanol–water partition coefficient (Wildman–Crippen LogP) is 2.00. The van der Waals surface area contributed by atoms with E-state index in [4.69, 9.17) is 9.84 Å². The van der Waals surface area contributed by atoms with Crippen LogP contribution in [0.1, 0.15) is 53.4 Å². The number of fused-ring (bicyclic) bond motifs is 1. The van der Waals surface area contributed by atoms with Gasteiger partial charge in [-0.2, -0.15) is 0 Å². The smallest absolute Gasteiger partial charge is 0.171 e. The van der Waals surface area contributed by atoms with Gasteiger partial charge in [0.15, 0.2) is 5.78 Å². The van der Waals surface area contributed by atoms with E-state index in [9.17, 15) is 20.1 Å². The second-order valence-corrected chi connectivity index (χ2v) is 9.44. The highest BCUT2D eigenvalue weighted by atomic mass is 16.5. The van der Waals surface area contributed by atoms with E-state index in [2.05, 4.69) is 6.58 Å². The van der Waals surface area contributed by atoms with E-state index in [1.807, 2.05) is 19.9 Å². The lowest BCUT2D eigenvalue weighted by molar-refractivity contribution is -0.151. The lowest BCUT2D eigenvalue weighted by Crippen LogP contribution is -2.52. The number of aliphatic hydroxyl groups excluding tert-OH is 3. The van der Waals surface area contributed by atoms with Gasteiger partial charge in [0.05, 0.1) is 23.7 Å². The first-order chi connectivity index (χ1) is 13.5. The summed E-state index contributed by atoms with van der Waals surface area (Å²) >= 11 is 0. The van der Waals surface area contributed by atoms with Crippen LogP contribution in [0.2, 0.25) is 0 Å². The summed E-state index contributed by atoms with van der Waals surface area (Å²) in [5.41, 5.74) is -1.81. The van der Waals surface area contributed by atoms with Crippen LogP contribution in [0.3, 0.4) is 0 Å². The third-order valence-corrected chi connectivity index (χ3v) is 6.81. The molecule has 2 aliphatic rings. The number of allylic oxidation sites excluding steroid dienone is 1. The molecule has 1 fully saturated rings. The van der Waals surface area contributed by atoms with E-state index in [1.54, 1.807) is 19.9 Å². The summed E-state index contributed by atoms with van der Waals surface area (Å²) in [5.74, 6) is -2.25. The average Bonchev–Trinajstić information content (AvgIpc) is 2.88. The average molecular weight is 411 g/mol. The third kappa shape index (κ3) is 5.00. The Hall–Kier alpha value is -1.05. The van der Waals surface area contributed by atoms with Crippen molar-refractivity contribution >= 4 is 5.78 Å². The molecule has 6 nitrogen and oxygen atoms in total. The van der Waals surface area contributed by atoms with Crippen LogP contribution in [-0.2, 0) is 9.53 Å². The Morgan fingerprint density at radius 1 is 1.28 bits per heavy atom. The SMILES string of the molecule is C=C1CC[C@H](C(C)(C)OCCCO)/C=C/[C@@H](C)C(=O)[C@@]2(O)C[C@H](C)[C@H](O)[C@@H]2[C@H]1O. The van der Waals surface area contributed by atoms with E-state index in [1.165, 1.54) is 0 Å². The molecule has 0 amide bonds. The maximum Gasteiger partial charge on any atom is 0.171 e. The lowest BCUT2D eigenvalue weighted by Gasteiger charge is -2.35. The Labute approximate surface area is 174 Å². The van der Waals surface area contributed by atoms with Crippen LogP contribution in [0.15, 0.2) is 24.3 Å². The van der Waals surface area contributed by atoms with E-state index in [-0.39, 0.29) is 30.6 Å². The van der Waals surface area contributed by atoms with Gasteiger partial charge in [0, 0.05) is 25.0 Å². The topological polar surface area (TPSA) is 107 Å². The molecule has 29 heavy (non-hydrogen) atoms. The van der Waals surface area contributed by atoms with Crippen LogP contribution in [0.4, 0.5) is 0 Å². The zero-order valence-electron chi connectivity index (χ0n) is 18.2. The Bertz CT molecular complexity index is 627. The molecule has 2 rings (SSSR count). The van der Waals surface area contributed by atoms with Gasteiger partial charge in [-0.25, -0.2) is 0 Å². The maximum absolute atomic E-state index is 13.2. The molecule has 0 radical (unpaired) electrons. The molecule has 6 heteroatoms. The molecule has 1 saturated carbocycles. The molecule has 166 valence electrons. The normalized spacial score (nSPS) is 40.4. The Morgan fingerprint density at radius 2 is 1.93 bits per heavy atom. The van der Waals surface area contributed by atoms with E-state index in [0.717, 1.165) is 0 Å². The lowest BCUT2D eigenvalue weighted by atomic mass is 9.76. The van der Waals surface area contributed by atoms with Crippen LogP contribution in [0, 0.1) is 23.7 Å². The molecule has 7 atom stereocenters. The van der Waals surface area contributed by atoms with Crippen LogP contribution in [-0.4, -0.2) is 62.8 Å².